The highest BCUT2D eigenvalue weighted by Crippen LogP contribution is 2.37. The van der Waals surface area contributed by atoms with Crippen LogP contribution in [0.4, 0.5) is 0 Å². The molecule has 1 fully saturated rings. The number of aliphatic hydroxyl groups excluding tert-OH is 1. The van der Waals surface area contributed by atoms with Crippen molar-refractivity contribution in [3.05, 3.63) is 95.2 Å². The topological polar surface area (TPSA) is 71.5 Å². The summed E-state index contributed by atoms with van der Waals surface area (Å²) in [5.74, 6) is 0.183. The van der Waals surface area contributed by atoms with Crippen LogP contribution >= 0.6 is 0 Å². The second-order valence-corrected chi connectivity index (χ2v) is 8.11. The van der Waals surface area contributed by atoms with E-state index in [1.54, 1.807) is 25.3 Å². The first-order chi connectivity index (χ1) is 16.1. The van der Waals surface area contributed by atoms with E-state index in [2.05, 4.69) is 24.3 Å². The van der Waals surface area contributed by atoms with Crippen molar-refractivity contribution in [2.45, 2.75) is 12.0 Å². The van der Waals surface area contributed by atoms with Gasteiger partial charge in [0.2, 0.25) is 0 Å². The Morgan fingerprint density at radius 1 is 1.03 bits per heavy atom. The van der Waals surface area contributed by atoms with Gasteiger partial charge in [-0.25, -0.2) is 0 Å². The molecule has 4 rings (SSSR count). The minimum absolute atomic E-state index is 0.0650. The summed E-state index contributed by atoms with van der Waals surface area (Å²) in [5, 5.41) is 10.9. The van der Waals surface area contributed by atoms with Gasteiger partial charge in [0, 0.05) is 32.3 Å². The molecule has 0 saturated carbocycles. The van der Waals surface area contributed by atoms with Crippen LogP contribution in [0.25, 0.3) is 0 Å². The standard InChI is InChI=1S/C26H30N2O5/c1-31-14-13-27-16-22(24(19-9-5-3-6-10-19)20-11-7-4-8-12-20)28-15-21(32-2)17-33-18-23(29)25(28)26(27)30/h3-12,15,22,24,29H,13-14,16-18H2,1-2H3/b21-15+,25-23?/t22-/m1/s1. The highest BCUT2D eigenvalue weighted by molar-refractivity contribution is 5.94. The van der Waals surface area contributed by atoms with Crippen LogP contribution in [-0.4, -0.2) is 74.0 Å². The Hall–Kier alpha value is -3.29. The average Bonchev–Trinajstić information content (AvgIpc) is 2.84. The second-order valence-electron chi connectivity index (χ2n) is 8.11. The predicted molar refractivity (Wildman–Crippen MR) is 124 cm³/mol. The van der Waals surface area contributed by atoms with Crippen molar-refractivity contribution >= 4 is 5.91 Å². The molecule has 1 atom stereocenters. The summed E-state index contributed by atoms with van der Waals surface area (Å²) < 4.78 is 16.3. The van der Waals surface area contributed by atoms with Gasteiger partial charge in [0.05, 0.1) is 19.8 Å². The SMILES string of the molecule is COCCN1C[C@H](C(c2ccccc2)c2ccccc2)N2/C=C(/OC)COCC(O)=C2C1=O. The molecule has 0 aliphatic carbocycles. The van der Waals surface area contributed by atoms with Crippen LogP contribution in [0.15, 0.2) is 84.1 Å². The highest BCUT2D eigenvalue weighted by Gasteiger charge is 2.42. The van der Waals surface area contributed by atoms with Gasteiger partial charge in [0.1, 0.15) is 30.4 Å². The van der Waals surface area contributed by atoms with Crippen LogP contribution in [0.3, 0.4) is 0 Å². The Kier molecular flexibility index (Phi) is 7.32. The number of carbonyl (C=O) groups is 1. The van der Waals surface area contributed by atoms with Gasteiger partial charge in [-0.3, -0.25) is 4.79 Å². The molecule has 174 valence electrons. The van der Waals surface area contributed by atoms with E-state index in [-0.39, 0.29) is 42.5 Å². The fraction of sp³-hybridized carbons (Fsp3) is 0.346. The molecule has 0 unspecified atom stereocenters. The largest absolute Gasteiger partial charge is 0.507 e. The van der Waals surface area contributed by atoms with Gasteiger partial charge in [0.25, 0.3) is 5.91 Å². The lowest BCUT2D eigenvalue weighted by atomic mass is 9.82. The maximum absolute atomic E-state index is 13.5. The number of hydrogen-bond acceptors (Lipinski definition) is 6. The number of amides is 1. The van der Waals surface area contributed by atoms with Crippen molar-refractivity contribution in [3.63, 3.8) is 0 Å². The van der Waals surface area contributed by atoms with Gasteiger partial charge < -0.3 is 29.1 Å². The number of hydrogen-bond donors (Lipinski definition) is 1. The average molecular weight is 451 g/mol. The van der Waals surface area contributed by atoms with Crippen molar-refractivity contribution in [2.24, 2.45) is 0 Å². The zero-order valence-electron chi connectivity index (χ0n) is 19.0. The van der Waals surface area contributed by atoms with Crippen molar-refractivity contribution in [2.75, 3.05) is 47.1 Å². The fourth-order valence-electron chi connectivity index (χ4n) is 4.49. The molecule has 2 aliphatic rings. The van der Waals surface area contributed by atoms with Gasteiger partial charge in [-0.2, -0.15) is 0 Å². The Balaban J connectivity index is 1.88. The summed E-state index contributed by atoms with van der Waals surface area (Å²) in [6.45, 7) is 1.43. The van der Waals surface area contributed by atoms with Gasteiger partial charge in [0.15, 0.2) is 0 Å². The number of benzene rings is 2. The normalized spacial score (nSPS) is 20.8. The molecule has 0 aromatic heterocycles. The number of rotatable bonds is 7. The number of carbonyl (C=O) groups excluding carboxylic acids is 1. The predicted octanol–water partition coefficient (Wildman–Crippen LogP) is 3.27. The Morgan fingerprint density at radius 3 is 2.24 bits per heavy atom. The van der Waals surface area contributed by atoms with Gasteiger partial charge >= 0.3 is 0 Å². The van der Waals surface area contributed by atoms with E-state index >= 15 is 0 Å². The van der Waals surface area contributed by atoms with E-state index < -0.39 is 0 Å². The number of nitrogens with zero attached hydrogens (tertiary/aromatic N) is 2. The number of aliphatic hydroxyl groups is 1. The van der Waals surface area contributed by atoms with E-state index in [1.165, 1.54) is 0 Å². The molecular weight excluding hydrogens is 420 g/mol. The number of fused-ring (bicyclic) bond motifs is 1. The number of piperazine rings is 1. The summed E-state index contributed by atoms with van der Waals surface area (Å²) in [4.78, 5) is 17.1. The molecule has 2 heterocycles. The van der Waals surface area contributed by atoms with Crippen molar-refractivity contribution in [3.8, 4) is 0 Å². The Labute approximate surface area is 194 Å². The summed E-state index contributed by atoms with van der Waals surface area (Å²) in [7, 11) is 3.19. The second kappa shape index (κ2) is 10.6. The van der Waals surface area contributed by atoms with E-state index in [0.29, 0.717) is 25.5 Å². The molecule has 0 bridgehead atoms. The van der Waals surface area contributed by atoms with Gasteiger partial charge in [-0.05, 0) is 11.1 Å². The van der Waals surface area contributed by atoms with Gasteiger partial charge in [-0.15, -0.1) is 0 Å². The third-order valence-electron chi connectivity index (χ3n) is 6.08. The summed E-state index contributed by atoms with van der Waals surface area (Å²) >= 11 is 0. The first-order valence-electron chi connectivity index (χ1n) is 11.0. The fourth-order valence-corrected chi connectivity index (χ4v) is 4.49. The lowest BCUT2D eigenvalue weighted by Gasteiger charge is -2.46. The molecule has 2 aromatic rings. The first kappa shape index (κ1) is 22.9. The van der Waals surface area contributed by atoms with Crippen LogP contribution in [0.1, 0.15) is 17.0 Å². The van der Waals surface area contributed by atoms with Crippen LogP contribution in [0.2, 0.25) is 0 Å². The van der Waals surface area contributed by atoms with Crippen molar-refractivity contribution in [1.82, 2.24) is 9.80 Å². The maximum atomic E-state index is 13.5. The number of methoxy groups -OCH3 is 2. The monoisotopic (exact) mass is 450 g/mol. The quantitative estimate of drug-likeness (QED) is 0.698. The molecule has 0 radical (unpaired) electrons. The van der Waals surface area contributed by atoms with Crippen molar-refractivity contribution in [1.29, 1.82) is 0 Å². The molecule has 2 aliphatic heterocycles. The van der Waals surface area contributed by atoms with E-state index in [1.807, 2.05) is 41.3 Å². The molecule has 7 heteroatoms. The summed E-state index contributed by atoms with van der Waals surface area (Å²) in [6.07, 6.45) is 1.79. The molecule has 1 N–H and O–H groups in total. The van der Waals surface area contributed by atoms with Gasteiger partial charge in [-0.1, -0.05) is 60.7 Å². The van der Waals surface area contributed by atoms with Crippen LogP contribution in [0.5, 0.6) is 0 Å². The van der Waals surface area contributed by atoms with E-state index in [0.717, 1.165) is 11.1 Å². The molecule has 33 heavy (non-hydrogen) atoms. The Morgan fingerprint density at radius 2 is 1.67 bits per heavy atom. The van der Waals surface area contributed by atoms with E-state index in [9.17, 15) is 9.90 Å². The third kappa shape index (κ3) is 4.89. The molecular formula is C26H30N2O5. The van der Waals surface area contributed by atoms with Crippen LogP contribution in [0, 0.1) is 0 Å². The lowest BCUT2D eigenvalue weighted by molar-refractivity contribution is -0.134. The molecule has 7 nitrogen and oxygen atoms in total. The molecule has 1 saturated heterocycles. The van der Waals surface area contributed by atoms with E-state index in [4.69, 9.17) is 14.2 Å². The summed E-state index contributed by atoms with van der Waals surface area (Å²) in [5.41, 5.74) is 2.46. The maximum Gasteiger partial charge on any atom is 0.274 e. The Bertz CT molecular complexity index is 966. The smallest absolute Gasteiger partial charge is 0.274 e. The van der Waals surface area contributed by atoms with Crippen LogP contribution in [-0.2, 0) is 19.0 Å². The molecule has 2 aromatic carbocycles. The molecule has 0 spiro atoms. The number of ether oxygens (including phenoxy) is 3. The molecule has 1 amide bonds. The van der Waals surface area contributed by atoms with Crippen molar-refractivity contribution < 1.29 is 24.1 Å². The minimum atomic E-state index is -0.252. The van der Waals surface area contributed by atoms with Crippen LogP contribution < -0.4 is 0 Å². The first-order valence-corrected chi connectivity index (χ1v) is 11.0. The zero-order chi connectivity index (χ0) is 23.2. The third-order valence-corrected chi connectivity index (χ3v) is 6.08. The highest BCUT2D eigenvalue weighted by atomic mass is 16.5. The summed E-state index contributed by atoms with van der Waals surface area (Å²) in [6, 6.07) is 20.3. The minimum Gasteiger partial charge on any atom is -0.507 e. The zero-order valence-corrected chi connectivity index (χ0v) is 19.0. The lowest BCUT2D eigenvalue weighted by Crippen LogP contribution is -2.56.